The van der Waals surface area contributed by atoms with Gasteiger partial charge in [-0.25, -0.2) is 14.2 Å². The molecule has 0 aliphatic heterocycles. The van der Waals surface area contributed by atoms with E-state index in [9.17, 15) is 9.18 Å². The Morgan fingerprint density at radius 3 is 2.74 bits per heavy atom. The van der Waals surface area contributed by atoms with Crippen molar-refractivity contribution < 1.29 is 18.3 Å². The van der Waals surface area contributed by atoms with Crippen molar-refractivity contribution in [1.82, 2.24) is 9.97 Å². The number of aryl methyl sites for hydroxylation is 1. The number of ether oxygens (including phenoxy) is 1. The van der Waals surface area contributed by atoms with E-state index in [1.54, 1.807) is 19.1 Å². The van der Waals surface area contributed by atoms with Gasteiger partial charge in [0.05, 0.1) is 16.8 Å². The summed E-state index contributed by atoms with van der Waals surface area (Å²) in [5, 5.41) is 0.668. The summed E-state index contributed by atoms with van der Waals surface area (Å²) in [5.41, 5.74) is 2.66. The Labute approximate surface area is 154 Å². The van der Waals surface area contributed by atoms with Crippen LogP contribution in [-0.4, -0.2) is 15.9 Å². The van der Waals surface area contributed by atoms with Crippen molar-refractivity contribution in [1.29, 1.82) is 0 Å². The van der Waals surface area contributed by atoms with Crippen LogP contribution in [0.15, 0.2) is 65.3 Å². The predicted octanol–water partition coefficient (Wildman–Crippen LogP) is 4.69. The second kappa shape index (κ2) is 6.99. The number of benzene rings is 2. The first-order valence-corrected chi connectivity index (χ1v) is 8.34. The summed E-state index contributed by atoms with van der Waals surface area (Å²) in [5.74, 6) is -0.423. The van der Waals surface area contributed by atoms with Crippen LogP contribution in [0, 0.1) is 12.7 Å². The summed E-state index contributed by atoms with van der Waals surface area (Å²) < 4.78 is 24.1. The number of aromatic nitrogens is 2. The van der Waals surface area contributed by atoms with Crippen LogP contribution in [0.4, 0.5) is 4.39 Å². The molecule has 27 heavy (non-hydrogen) atoms. The molecule has 0 radical (unpaired) electrons. The first kappa shape index (κ1) is 16.9. The lowest BCUT2D eigenvalue weighted by atomic mass is 10.1. The van der Waals surface area contributed by atoms with Crippen LogP contribution < -0.4 is 0 Å². The van der Waals surface area contributed by atoms with Crippen LogP contribution in [0.5, 0.6) is 0 Å². The number of pyridine rings is 1. The largest absolute Gasteiger partial charge is 0.455 e. The number of oxazole rings is 1. The number of halogens is 1. The first-order chi connectivity index (χ1) is 13.1. The quantitative estimate of drug-likeness (QED) is 0.493. The first-order valence-electron chi connectivity index (χ1n) is 8.34. The summed E-state index contributed by atoms with van der Waals surface area (Å²) in [6.07, 6.45) is 1.46. The van der Waals surface area contributed by atoms with Crippen molar-refractivity contribution >= 4 is 16.9 Å². The smallest absolute Gasteiger partial charge is 0.340 e. The van der Waals surface area contributed by atoms with Crippen LogP contribution in [0.1, 0.15) is 21.7 Å². The second-order valence-electron chi connectivity index (χ2n) is 6.04. The van der Waals surface area contributed by atoms with E-state index in [1.807, 2.05) is 30.3 Å². The molecule has 2 aromatic heterocycles. The molecule has 0 aliphatic rings. The van der Waals surface area contributed by atoms with Gasteiger partial charge in [-0.15, -0.1) is 0 Å². The maximum absolute atomic E-state index is 13.3. The molecular formula is C21H15FN2O3. The molecule has 4 rings (SSSR count). The predicted molar refractivity (Wildman–Crippen MR) is 97.5 cm³/mol. The van der Waals surface area contributed by atoms with Crippen molar-refractivity contribution in [3.63, 3.8) is 0 Å². The Morgan fingerprint density at radius 2 is 1.93 bits per heavy atom. The Morgan fingerprint density at radius 1 is 1.11 bits per heavy atom. The van der Waals surface area contributed by atoms with E-state index in [4.69, 9.17) is 9.15 Å². The second-order valence-corrected chi connectivity index (χ2v) is 6.04. The molecule has 0 unspecified atom stereocenters. The van der Waals surface area contributed by atoms with Crippen LogP contribution in [0.2, 0.25) is 0 Å². The SMILES string of the molecule is Cc1nc2cc(F)ccc2cc1C(=O)OCc1coc(-c2ccccc2)n1. The van der Waals surface area contributed by atoms with E-state index >= 15 is 0 Å². The molecule has 2 heterocycles. The molecule has 5 nitrogen and oxygen atoms in total. The highest BCUT2D eigenvalue weighted by Crippen LogP contribution is 2.20. The minimum Gasteiger partial charge on any atom is -0.455 e. The lowest BCUT2D eigenvalue weighted by Crippen LogP contribution is -2.08. The zero-order valence-corrected chi connectivity index (χ0v) is 14.5. The highest BCUT2D eigenvalue weighted by atomic mass is 19.1. The van der Waals surface area contributed by atoms with Crippen LogP contribution in [0.3, 0.4) is 0 Å². The molecule has 0 fully saturated rings. The molecule has 0 aliphatic carbocycles. The molecular weight excluding hydrogens is 347 g/mol. The van der Waals surface area contributed by atoms with Crippen molar-refractivity contribution in [2.24, 2.45) is 0 Å². The van der Waals surface area contributed by atoms with Gasteiger partial charge >= 0.3 is 5.97 Å². The molecule has 0 saturated carbocycles. The number of carbonyl (C=O) groups excluding carboxylic acids is 1. The van der Waals surface area contributed by atoms with Crippen molar-refractivity contribution in [3.05, 3.63) is 83.6 Å². The lowest BCUT2D eigenvalue weighted by molar-refractivity contribution is 0.0466. The molecule has 0 amide bonds. The van der Waals surface area contributed by atoms with Gasteiger partial charge in [-0.2, -0.15) is 0 Å². The third kappa shape index (κ3) is 3.55. The van der Waals surface area contributed by atoms with Crippen molar-refractivity contribution in [2.75, 3.05) is 0 Å². The Kier molecular flexibility index (Phi) is 4.38. The van der Waals surface area contributed by atoms with E-state index in [0.717, 1.165) is 5.56 Å². The summed E-state index contributed by atoms with van der Waals surface area (Å²) in [6, 6.07) is 15.3. The molecule has 2 aromatic carbocycles. The maximum Gasteiger partial charge on any atom is 0.340 e. The highest BCUT2D eigenvalue weighted by Gasteiger charge is 2.15. The average Bonchev–Trinajstić information content (AvgIpc) is 3.15. The fourth-order valence-corrected chi connectivity index (χ4v) is 2.75. The molecule has 134 valence electrons. The van der Waals surface area contributed by atoms with E-state index in [0.29, 0.717) is 33.7 Å². The number of esters is 1. The standard InChI is InChI=1S/C21H15FN2O3/c1-13-18(9-15-7-8-16(22)10-19(15)23-13)21(25)27-12-17-11-26-20(24-17)14-5-3-2-4-6-14/h2-11H,12H2,1H3. The Hall–Kier alpha value is -3.54. The number of carbonyl (C=O) groups is 1. The monoisotopic (exact) mass is 362 g/mol. The summed E-state index contributed by atoms with van der Waals surface area (Å²) >= 11 is 0. The molecule has 0 saturated heterocycles. The molecule has 0 N–H and O–H groups in total. The highest BCUT2D eigenvalue weighted by molar-refractivity contribution is 5.95. The number of nitrogens with zero attached hydrogens (tertiary/aromatic N) is 2. The zero-order valence-electron chi connectivity index (χ0n) is 14.5. The fourth-order valence-electron chi connectivity index (χ4n) is 2.75. The molecule has 4 aromatic rings. The minimum absolute atomic E-state index is 0.0178. The average molecular weight is 362 g/mol. The maximum atomic E-state index is 13.3. The van der Waals surface area contributed by atoms with Gasteiger partial charge in [0.25, 0.3) is 0 Å². The van der Waals surface area contributed by atoms with Crippen LogP contribution in [-0.2, 0) is 11.3 Å². The van der Waals surface area contributed by atoms with Gasteiger partial charge in [-0.3, -0.25) is 4.98 Å². The van der Waals surface area contributed by atoms with Gasteiger partial charge in [0.1, 0.15) is 24.4 Å². The van der Waals surface area contributed by atoms with Gasteiger partial charge in [0, 0.05) is 17.0 Å². The van der Waals surface area contributed by atoms with Gasteiger partial charge in [-0.1, -0.05) is 18.2 Å². The van der Waals surface area contributed by atoms with Gasteiger partial charge in [0.2, 0.25) is 5.89 Å². The summed E-state index contributed by atoms with van der Waals surface area (Å²) in [7, 11) is 0. The van der Waals surface area contributed by atoms with Crippen LogP contribution >= 0.6 is 0 Å². The van der Waals surface area contributed by atoms with Crippen LogP contribution in [0.25, 0.3) is 22.4 Å². The number of hydrogen-bond donors (Lipinski definition) is 0. The summed E-state index contributed by atoms with van der Waals surface area (Å²) in [6.45, 7) is 1.67. The molecule has 0 atom stereocenters. The number of fused-ring (bicyclic) bond motifs is 1. The summed E-state index contributed by atoms with van der Waals surface area (Å²) in [4.78, 5) is 21.0. The van der Waals surface area contributed by atoms with E-state index in [-0.39, 0.29) is 12.4 Å². The van der Waals surface area contributed by atoms with E-state index in [2.05, 4.69) is 9.97 Å². The lowest BCUT2D eigenvalue weighted by Gasteiger charge is -2.07. The van der Waals surface area contributed by atoms with Crippen molar-refractivity contribution in [3.8, 4) is 11.5 Å². The van der Waals surface area contributed by atoms with E-state index < -0.39 is 5.97 Å². The van der Waals surface area contributed by atoms with Gasteiger partial charge in [-0.05, 0) is 37.3 Å². The minimum atomic E-state index is -0.518. The third-order valence-corrected chi connectivity index (χ3v) is 4.11. The van der Waals surface area contributed by atoms with Gasteiger partial charge in [0.15, 0.2) is 0 Å². The Bertz CT molecular complexity index is 1120. The molecule has 0 bridgehead atoms. The Balaban J connectivity index is 1.50. The zero-order chi connectivity index (χ0) is 18.8. The normalized spacial score (nSPS) is 10.9. The van der Waals surface area contributed by atoms with E-state index in [1.165, 1.54) is 18.4 Å². The topological polar surface area (TPSA) is 65.2 Å². The third-order valence-electron chi connectivity index (χ3n) is 4.11. The number of rotatable bonds is 4. The van der Waals surface area contributed by atoms with Gasteiger partial charge < -0.3 is 9.15 Å². The molecule has 0 spiro atoms. The number of hydrogen-bond acceptors (Lipinski definition) is 5. The van der Waals surface area contributed by atoms with Crippen molar-refractivity contribution in [2.45, 2.75) is 13.5 Å². The molecule has 6 heteroatoms. The fraction of sp³-hybridized carbons (Fsp3) is 0.0952.